The van der Waals surface area contributed by atoms with Gasteiger partial charge in [-0.2, -0.15) is 27.9 Å². The number of nitrogens with zero attached hydrogens (tertiary/aromatic N) is 7. The van der Waals surface area contributed by atoms with Crippen molar-refractivity contribution in [2.45, 2.75) is 19.6 Å². The van der Waals surface area contributed by atoms with E-state index in [9.17, 15) is 13.2 Å². The van der Waals surface area contributed by atoms with Crippen LogP contribution in [-0.4, -0.2) is 56.1 Å². The number of anilines is 2. The van der Waals surface area contributed by atoms with E-state index in [0.29, 0.717) is 30.1 Å². The van der Waals surface area contributed by atoms with Gasteiger partial charge in [0.1, 0.15) is 5.82 Å². The quantitative estimate of drug-likeness (QED) is 0.475. The monoisotopic (exact) mass is 470 g/mol. The third-order valence-electron chi connectivity index (χ3n) is 5.54. The van der Waals surface area contributed by atoms with Gasteiger partial charge in [0, 0.05) is 43.0 Å². The van der Waals surface area contributed by atoms with E-state index in [1.165, 1.54) is 6.20 Å². The molecule has 0 aliphatic carbocycles. The number of hydrogen-bond donors (Lipinski definition) is 1. The Morgan fingerprint density at radius 2 is 1.94 bits per heavy atom. The van der Waals surface area contributed by atoms with Crippen LogP contribution in [0.25, 0.3) is 16.9 Å². The number of rotatable bonds is 5. The van der Waals surface area contributed by atoms with Crippen molar-refractivity contribution >= 4 is 17.2 Å². The fourth-order valence-electron chi connectivity index (χ4n) is 3.79. The van der Waals surface area contributed by atoms with Crippen LogP contribution in [0.15, 0.2) is 42.9 Å². The van der Waals surface area contributed by atoms with Crippen molar-refractivity contribution in [3.63, 3.8) is 0 Å². The van der Waals surface area contributed by atoms with Crippen LogP contribution in [-0.2, 0) is 17.5 Å². The molecule has 1 aliphatic rings. The van der Waals surface area contributed by atoms with Crippen molar-refractivity contribution in [2.24, 2.45) is 0 Å². The lowest BCUT2D eigenvalue weighted by Gasteiger charge is -2.29. The van der Waals surface area contributed by atoms with Gasteiger partial charge in [0.2, 0.25) is 0 Å². The van der Waals surface area contributed by atoms with E-state index in [1.807, 2.05) is 25.1 Å². The molecule has 0 bridgehead atoms. The molecular formula is C22H21F3N8O. The number of ether oxygens (including phenoxy) is 1. The van der Waals surface area contributed by atoms with Crippen molar-refractivity contribution in [1.29, 1.82) is 0 Å². The lowest BCUT2D eigenvalue weighted by Crippen LogP contribution is -2.37. The molecule has 34 heavy (non-hydrogen) atoms. The van der Waals surface area contributed by atoms with Crippen molar-refractivity contribution in [3.8, 4) is 11.3 Å². The summed E-state index contributed by atoms with van der Waals surface area (Å²) in [5.74, 6) is 0.911. The minimum absolute atomic E-state index is 0.136. The van der Waals surface area contributed by atoms with E-state index in [1.54, 1.807) is 16.9 Å². The SMILES string of the molecule is Cc1ncc(NCc2cnnc(C(F)(F)F)c2)cc1-c1cc(N2CCOCC2)n2nccc2n1. The largest absolute Gasteiger partial charge is 0.435 e. The first kappa shape index (κ1) is 22.0. The Balaban J connectivity index is 1.44. The Hall–Kier alpha value is -3.80. The molecule has 0 unspecified atom stereocenters. The molecule has 0 radical (unpaired) electrons. The van der Waals surface area contributed by atoms with E-state index in [-0.39, 0.29) is 6.54 Å². The van der Waals surface area contributed by atoms with Crippen LogP contribution in [0.5, 0.6) is 0 Å². The van der Waals surface area contributed by atoms with Gasteiger partial charge in [0.05, 0.1) is 43.2 Å². The molecule has 1 aliphatic heterocycles. The second kappa shape index (κ2) is 8.86. The average Bonchev–Trinajstić information content (AvgIpc) is 3.32. The molecule has 0 saturated carbocycles. The van der Waals surface area contributed by atoms with E-state index in [0.717, 1.165) is 41.9 Å². The Morgan fingerprint density at radius 1 is 1.12 bits per heavy atom. The zero-order chi connectivity index (χ0) is 23.7. The fourth-order valence-corrected chi connectivity index (χ4v) is 3.79. The number of nitrogens with one attached hydrogen (secondary N) is 1. The van der Waals surface area contributed by atoms with Gasteiger partial charge in [-0.3, -0.25) is 4.98 Å². The highest BCUT2D eigenvalue weighted by molar-refractivity contribution is 5.71. The molecule has 0 atom stereocenters. The van der Waals surface area contributed by atoms with E-state index >= 15 is 0 Å². The average molecular weight is 470 g/mol. The number of aryl methyl sites for hydroxylation is 1. The summed E-state index contributed by atoms with van der Waals surface area (Å²) in [5, 5.41) is 14.1. The first-order valence-electron chi connectivity index (χ1n) is 10.7. The summed E-state index contributed by atoms with van der Waals surface area (Å²) in [6.45, 7) is 4.80. The molecule has 1 saturated heterocycles. The normalized spacial score (nSPS) is 14.5. The molecule has 4 aromatic rings. The molecule has 176 valence electrons. The Morgan fingerprint density at radius 3 is 2.74 bits per heavy atom. The van der Waals surface area contributed by atoms with Gasteiger partial charge < -0.3 is 15.0 Å². The summed E-state index contributed by atoms with van der Waals surface area (Å²) < 4.78 is 46.0. The van der Waals surface area contributed by atoms with Crippen molar-refractivity contribution in [3.05, 3.63) is 59.8 Å². The van der Waals surface area contributed by atoms with Crippen LogP contribution in [0.2, 0.25) is 0 Å². The number of pyridine rings is 1. The maximum atomic E-state index is 12.9. The zero-order valence-electron chi connectivity index (χ0n) is 18.2. The number of halogens is 3. The highest BCUT2D eigenvalue weighted by Gasteiger charge is 2.33. The van der Waals surface area contributed by atoms with E-state index in [2.05, 4.69) is 30.5 Å². The Bertz CT molecular complexity index is 1320. The lowest BCUT2D eigenvalue weighted by molar-refractivity contribution is -0.141. The van der Waals surface area contributed by atoms with Gasteiger partial charge in [-0.1, -0.05) is 0 Å². The molecule has 4 aromatic heterocycles. The first-order chi connectivity index (χ1) is 16.4. The zero-order valence-corrected chi connectivity index (χ0v) is 18.2. The molecular weight excluding hydrogens is 449 g/mol. The predicted octanol–water partition coefficient (Wildman–Crippen LogP) is 3.36. The summed E-state index contributed by atoms with van der Waals surface area (Å²) in [5.41, 5.74) is 3.01. The van der Waals surface area contributed by atoms with Crippen LogP contribution < -0.4 is 10.2 Å². The van der Waals surface area contributed by atoms with E-state index < -0.39 is 11.9 Å². The second-order valence-electron chi connectivity index (χ2n) is 7.86. The van der Waals surface area contributed by atoms with Gasteiger partial charge in [0.25, 0.3) is 0 Å². The molecule has 9 nitrogen and oxygen atoms in total. The summed E-state index contributed by atoms with van der Waals surface area (Å²) in [6.07, 6.45) is 0.0989. The van der Waals surface area contributed by atoms with Crippen molar-refractivity contribution < 1.29 is 17.9 Å². The highest BCUT2D eigenvalue weighted by atomic mass is 19.4. The van der Waals surface area contributed by atoms with Crippen LogP contribution in [0.1, 0.15) is 17.0 Å². The predicted molar refractivity (Wildman–Crippen MR) is 118 cm³/mol. The fraction of sp³-hybridized carbons (Fsp3) is 0.318. The number of morpholine rings is 1. The molecule has 1 N–H and O–H groups in total. The maximum Gasteiger partial charge on any atom is 0.435 e. The highest BCUT2D eigenvalue weighted by Crippen LogP contribution is 2.29. The molecule has 0 spiro atoms. The van der Waals surface area contributed by atoms with Gasteiger partial charge in [-0.25, -0.2) is 4.98 Å². The van der Waals surface area contributed by atoms with Crippen LogP contribution in [0.4, 0.5) is 24.7 Å². The van der Waals surface area contributed by atoms with Gasteiger partial charge >= 0.3 is 6.18 Å². The van der Waals surface area contributed by atoms with Crippen molar-refractivity contribution in [1.82, 2.24) is 29.8 Å². The Kier molecular flexibility index (Phi) is 5.74. The molecule has 0 amide bonds. The number of aromatic nitrogens is 6. The number of fused-ring (bicyclic) bond motifs is 1. The maximum absolute atomic E-state index is 12.9. The molecule has 5 rings (SSSR count). The first-order valence-corrected chi connectivity index (χ1v) is 10.7. The smallest absolute Gasteiger partial charge is 0.380 e. The molecule has 12 heteroatoms. The standard InChI is InChI=1S/C22H21F3N8O/c1-14-17(9-16(13-26-14)27-11-15-8-19(22(23,24)25)31-28-12-15)18-10-21(32-4-6-34-7-5-32)33-20(30-18)2-3-29-33/h2-3,8-10,12-13,27H,4-7,11H2,1H3. The summed E-state index contributed by atoms with van der Waals surface area (Å²) in [7, 11) is 0. The summed E-state index contributed by atoms with van der Waals surface area (Å²) >= 11 is 0. The minimum Gasteiger partial charge on any atom is -0.380 e. The lowest BCUT2D eigenvalue weighted by atomic mass is 10.1. The van der Waals surface area contributed by atoms with Gasteiger partial charge in [-0.05, 0) is 24.6 Å². The van der Waals surface area contributed by atoms with Crippen molar-refractivity contribution in [2.75, 3.05) is 36.5 Å². The van der Waals surface area contributed by atoms with Gasteiger partial charge in [0.15, 0.2) is 11.3 Å². The van der Waals surface area contributed by atoms with E-state index in [4.69, 9.17) is 9.72 Å². The molecule has 5 heterocycles. The number of alkyl halides is 3. The minimum atomic E-state index is -4.54. The molecule has 0 aromatic carbocycles. The topological polar surface area (TPSA) is 93.4 Å². The second-order valence-corrected chi connectivity index (χ2v) is 7.86. The number of hydrogen-bond acceptors (Lipinski definition) is 8. The molecule has 1 fully saturated rings. The van der Waals surface area contributed by atoms with Gasteiger partial charge in [-0.15, -0.1) is 5.10 Å². The van der Waals surface area contributed by atoms with Crippen LogP contribution in [0, 0.1) is 6.92 Å². The Labute approximate surface area is 192 Å². The van der Waals surface area contributed by atoms with Crippen LogP contribution >= 0.6 is 0 Å². The van der Waals surface area contributed by atoms with Crippen LogP contribution in [0.3, 0.4) is 0 Å². The summed E-state index contributed by atoms with van der Waals surface area (Å²) in [4.78, 5) is 11.4. The summed E-state index contributed by atoms with van der Waals surface area (Å²) in [6, 6.07) is 6.68. The third-order valence-corrected chi connectivity index (χ3v) is 5.54. The third kappa shape index (κ3) is 4.49.